The van der Waals surface area contributed by atoms with Gasteiger partial charge in [0.25, 0.3) is 0 Å². The van der Waals surface area contributed by atoms with Crippen molar-refractivity contribution in [3.05, 3.63) is 24.0 Å². The lowest BCUT2D eigenvalue weighted by molar-refractivity contribution is -0.162. The first-order chi connectivity index (χ1) is 11.5. The van der Waals surface area contributed by atoms with Gasteiger partial charge in [-0.1, -0.05) is 6.08 Å². The fourth-order valence-corrected chi connectivity index (χ4v) is 2.48. The van der Waals surface area contributed by atoms with Crippen molar-refractivity contribution in [3.63, 3.8) is 0 Å². The van der Waals surface area contributed by atoms with Crippen molar-refractivity contribution in [2.45, 2.75) is 44.1 Å². The first-order valence-electron chi connectivity index (χ1n) is 7.70. The van der Waals surface area contributed by atoms with E-state index in [1.54, 1.807) is 6.20 Å². The molecule has 0 saturated carbocycles. The van der Waals surface area contributed by atoms with E-state index in [1.807, 2.05) is 17.2 Å². The maximum absolute atomic E-state index is 11.6. The molecule has 1 fully saturated rings. The van der Waals surface area contributed by atoms with Crippen LogP contribution in [0.3, 0.4) is 0 Å². The lowest BCUT2D eigenvalue weighted by Crippen LogP contribution is -2.31. The van der Waals surface area contributed by atoms with E-state index in [0.717, 1.165) is 12.7 Å². The Labute approximate surface area is 139 Å². The summed E-state index contributed by atoms with van der Waals surface area (Å²) in [7, 11) is 1.17. The Balaban J connectivity index is 1.76. The predicted molar refractivity (Wildman–Crippen MR) is 81.2 cm³/mol. The number of carbonyl (C=O) groups is 3. The number of nitrogens with zero attached hydrogens (tertiary/aromatic N) is 1. The quantitative estimate of drug-likeness (QED) is 0.520. The average molecular weight is 339 g/mol. The second-order valence-corrected chi connectivity index (χ2v) is 5.57. The van der Waals surface area contributed by atoms with Gasteiger partial charge in [-0.25, -0.2) is 4.79 Å². The molecule has 2 aliphatic heterocycles. The van der Waals surface area contributed by atoms with Crippen LogP contribution in [0, 0.1) is 0 Å². The summed E-state index contributed by atoms with van der Waals surface area (Å²) in [6.07, 6.45) is 5.79. The maximum Gasteiger partial charge on any atom is 0.335 e. The van der Waals surface area contributed by atoms with Gasteiger partial charge in [0.15, 0.2) is 6.10 Å². The molecule has 0 amide bonds. The van der Waals surface area contributed by atoms with Crippen molar-refractivity contribution in [2.24, 2.45) is 0 Å². The van der Waals surface area contributed by atoms with E-state index in [4.69, 9.17) is 9.47 Å². The topological polar surface area (TPSA) is 102 Å². The molecule has 1 saturated heterocycles. The van der Waals surface area contributed by atoms with E-state index < -0.39 is 24.5 Å². The highest BCUT2D eigenvalue weighted by Crippen LogP contribution is 2.26. The van der Waals surface area contributed by atoms with Gasteiger partial charge in [-0.2, -0.15) is 0 Å². The molecule has 2 heterocycles. The van der Waals surface area contributed by atoms with E-state index in [2.05, 4.69) is 4.74 Å². The monoisotopic (exact) mass is 339 g/mol. The molecule has 0 aromatic rings. The van der Waals surface area contributed by atoms with Crippen LogP contribution in [-0.2, 0) is 28.6 Å². The number of carbonyl (C=O) groups excluding carboxylic acids is 3. The molecule has 8 nitrogen and oxygen atoms in total. The average Bonchev–Trinajstić information content (AvgIpc) is 3.08. The molecule has 0 aromatic carbocycles. The van der Waals surface area contributed by atoms with E-state index in [0.29, 0.717) is 18.4 Å². The van der Waals surface area contributed by atoms with Gasteiger partial charge in [-0.3, -0.25) is 9.59 Å². The van der Waals surface area contributed by atoms with Gasteiger partial charge in [-0.15, -0.1) is 0 Å². The largest absolute Gasteiger partial charge is 0.469 e. The zero-order valence-corrected chi connectivity index (χ0v) is 13.4. The molecule has 0 radical (unpaired) electrons. The molecule has 3 atom stereocenters. The maximum atomic E-state index is 11.6. The van der Waals surface area contributed by atoms with Gasteiger partial charge >= 0.3 is 11.9 Å². The van der Waals surface area contributed by atoms with Crippen LogP contribution >= 0.6 is 0 Å². The van der Waals surface area contributed by atoms with Crippen molar-refractivity contribution >= 4 is 18.2 Å². The Morgan fingerprint density at radius 1 is 1.50 bits per heavy atom. The van der Waals surface area contributed by atoms with Crippen LogP contribution in [0.2, 0.25) is 0 Å². The van der Waals surface area contributed by atoms with Gasteiger partial charge in [-0.05, 0) is 19.3 Å². The molecule has 8 heteroatoms. The third-order valence-electron chi connectivity index (χ3n) is 3.79. The minimum atomic E-state index is -1.54. The lowest BCUT2D eigenvalue weighted by Gasteiger charge is -2.26. The summed E-state index contributed by atoms with van der Waals surface area (Å²) >= 11 is 0. The summed E-state index contributed by atoms with van der Waals surface area (Å²) in [5, 5.41) is 9.53. The van der Waals surface area contributed by atoms with Crippen molar-refractivity contribution in [2.75, 3.05) is 13.7 Å². The highest BCUT2D eigenvalue weighted by Gasteiger charge is 2.30. The Morgan fingerprint density at radius 3 is 3.00 bits per heavy atom. The van der Waals surface area contributed by atoms with Crippen molar-refractivity contribution < 1.29 is 33.7 Å². The van der Waals surface area contributed by atoms with E-state index >= 15 is 0 Å². The molecule has 0 aliphatic carbocycles. The fraction of sp³-hybridized carbons (Fsp3) is 0.562. The van der Waals surface area contributed by atoms with Crippen molar-refractivity contribution in [1.29, 1.82) is 0 Å². The number of hydrogen-bond donors (Lipinski definition) is 1. The molecule has 0 bridgehead atoms. The smallest absolute Gasteiger partial charge is 0.335 e. The van der Waals surface area contributed by atoms with Crippen LogP contribution in [0.25, 0.3) is 0 Å². The molecule has 0 spiro atoms. The molecule has 24 heavy (non-hydrogen) atoms. The lowest BCUT2D eigenvalue weighted by atomic mass is 10.1. The molecule has 3 unspecified atom stereocenters. The molecular formula is C16H21NO7. The van der Waals surface area contributed by atoms with Crippen molar-refractivity contribution in [1.82, 2.24) is 4.90 Å². The van der Waals surface area contributed by atoms with Gasteiger partial charge < -0.3 is 24.2 Å². The second-order valence-electron chi connectivity index (χ2n) is 5.57. The third-order valence-corrected chi connectivity index (χ3v) is 3.79. The first-order valence-corrected chi connectivity index (χ1v) is 7.70. The van der Waals surface area contributed by atoms with Crippen LogP contribution < -0.4 is 0 Å². The number of aldehydes is 1. The van der Waals surface area contributed by atoms with Gasteiger partial charge in [0.1, 0.15) is 19.1 Å². The van der Waals surface area contributed by atoms with Crippen LogP contribution in [-0.4, -0.2) is 60.4 Å². The second kappa shape index (κ2) is 8.60. The standard InChI is InChI=1S/C16H21NO7/c1-22-15(20)7-13(19)16(21)23-10-12-4-5-14(24-12)17-6-2-3-11(8-17)9-18/h2,6,8-9,12-14,19H,3-5,7,10H2,1H3. The molecule has 2 rings (SSSR count). The first kappa shape index (κ1) is 18.2. The van der Waals surface area contributed by atoms with Gasteiger partial charge in [0.05, 0.1) is 19.6 Å². The van der Waals surface area contributed by atoms with Crippen molar-refractivity contribution in [3.8, 4) is 0 Å². The number of aliphatic hydroxyl groups is 1. The Kier molecular flexibility index (Phi) is 6.51. The zero-order chi connectivity index (χ0) is 17.5. The van der Waals surface area contributed by atoms with Gasteiger partial charge in [0, 0.05) is 18.0 Å². The zero-order valence-electron chi connectivity index (χ0n) is 13.4. The Morgan fingerprint density at radius 2 is 2.29 bits per heavy atom. The predicted octanol–water partition coefficient (Wildman–Crippen LogP) is 0.261. The number of ether oxygens (including phenoxy) is 3. The molecular weight excluding hydrogens is 318 g/mol. The summed E-state index contributed by atoms with van der Waals surface area (Å²) in [5.41, 5.74) is 0.668. The molecule has 1 N–H and O–H groups in total. The van der Waals surface area contributed by atoms with Crippen LogP contribution in [0.1, 0.15) is 25.7 Å². The van der Waals surface area contributed by atoms with Gasteiger partial charge in [0.2, 0.25) is 0 Å². The summed E-state index contributed by atoms with van der Waals surface area (Å²) in [4.78, 5) is 35.3. The number of allylic oxidation sites excluding steroid dienone is 2. The third kappa shape index (κ3) is 4.90. The van der Waals surface area contributed by atoms with Crippen LogP contribution in [0.4, 0.5) is 0 Å². The molecule has 2 aliphatic rings. The fourth-order valence-electron chi connectivity index (χ4n) is 2.48. The Bertz CT molecular complexity index is 543. The number of esters is 2. The number of hydrogen-bond acceptors (Lipinski definition) is 8. The summed E-state index contributed by atoms with van der Waals surface area (Å²) in [6, 6.07) is 0. The highest BCUT2D eigenvalue weighted by molar-refractivity contribution is 5.81. The van der Waals surface area contributed by atoms with E-state index in [1.165, 1.54) is 7.11 Å². The summed E-state index contributed by atoms with van der Waals surface area (Å²) in [6.45, 7) is -0.00459. The summed E-state index contributed by atoms with van der Waals surface area (Å²) in [5.74, 6) is -1.57. The minimum Gasteiger partial charge on any atom is -0.469 e. The van der Waals surface area contributed by atoms with E-state index in [9.17, 15) is 19.5 Å². The normalized spacial score (nSPS) is 24.2. The molecule has 132 valence electrons. The summed E-state index contributed by atoms with van der Waals surface area (Å²) < 4.78 is 15.1. The number of aliphatic hydroxyl groups excluding tert-OH is 1. The Hall–Kier alpha value is -2.19. The number of methoxy groups -OCH3 is 1. The van der Waals surface area contributed by atoms with Crippen LogP contribution in [0.5, 0.6) is 0 Å². The van der Waals surface area contributed by atoms with Crippen LogP contribution in [0.15, 0.2) is 24.0 Å². The van der Waals surface area contributed by atoms with E-state index in [-0.39, 0.29) is 18.9 Å². The number of rotatable bonds is 7. The SMILES string of the molecule is COC(=O)CC(O)C(=O)OCC1CCC(N2C=CCC(C=O)=C2)O1. The molecule has 0 aromatic heterocycles. The minimum absolute atomic E-state index is 0.00459. The highest BCUT2D eigenvalue weighted by atomic mass is 16.6.